The lowest BCUT2D eigenvalue weighted by molar-refractivity contribution is -0.274. The lowest BCUT2D eigenvalue weighted by atomic mass is 10.1. The molecule has 33 heavy (non-hydrogen) atoms. The average Bonchev–Trinajstić information content (AvgIpc) is 3.21. The summed E-state index contributed by atoms with van der Waals surface area (Å²) in [6, 6.07) is 12.0. The van der Waals surface area contributed by atoms with Crippen LogP contribution in [0.5, 0.6) is 5.75 Å². The third-order valence-electron chi connectivity index (χ3n) is 5.10. The molecule has 0 saturated heterocycles. The van der Waals surface area contributed by atoms with Gasteiger partial charge in [-0.3, -0.25) is 9.59 Å². The summed E-state index contributed by atoms with van der Waals surface area (Å²) < 4.78 is 44.2. The number of alkyl halides is 3. The monoisotopic (exact) mass is 516 g/mol. The molecule has 2 amide bonds. The fourth-order valence-corrected chi connectivity index (χ4v) is 4.04. The lowest BCUT2D eigenvalue weighted by Gasteiger charge is -2.15. The molecule has 0 bridgehead atoms. The van der Waals surface area contributed by atoms with Crippen molar-refractivity contribution in [2.45, 2.75) is 13.3 Å². The van der Waals surface area contributed by atoms with Crippen LogP contribution >= 0.6 is 15.9 Å². The van der Waals surface area contributed by atoms with Crippen molar-refractivity contribution >= 4 is 44.5 Å². The summed E-state index contributed by atoms with van der Waals surface area (Å²) in [5, 5.41) is 4.89. The van der Waals surface area contributed by atoms with E-state index >= 15 is 0 Å². The molecular formula is C22H12BrF3N4O3. The molecule has 2 aromatic heterocycles. The number of aromatic nitrogens is 3. The van der Waals surface area contributed by atoms with Gasteiger partial charge in [-0.15, -0.1) is 13.2 Å². The Morgan fingerprint density at radius 3 is 2.42 bits per heavy atom. The van der Waals surface area contributed by atoms with Crippen molar-refractivity contribution in [2.24, 2.45) is 0 Å². The molecule has 0 saturated carbocycles. The molecule has 0 N–H and O–H groups in total. The summed E-state index contributed by atoms with van der Waals surface area (Å²) in [4.78, 5) is 31.6. The van der Waals surface area contributed by atoms with Crippen molar-refractivity contribution in [3.8, 4) is 11.4 Å². The zero-order valence-corrected chi connectivity index (χ0v) is 18.3. The molecule has 0 fully saturated rings. The van der Waals surface area contributed by atoms with Crippen molar-refractivity contribution in [3.63, 3.8) is 0 Å². The molecule has 4 aromatic rings. The largest absolute Gasteiger partial charge is 0.573 e. The molecule has 1 aliphatic rings. The number of pyridine rings is 1. The number of carbonyl (C=O) groups is 2. The number of nitrogens with zero attached hydrogens (tertiary/aromatic N) is 4. The van der Waals surface area contributed by atoms with E-state index in [1.807, 2.05) is 24.3 Å². The first-order valence-corrected chi connectivity index (χ1v) is 10.3. The van der Waals surface area contributed by atoms with Gasteiger partial charge in [0.05, 0.1) is 33.6 Å². The van der Waals surface area contributed by atoms with Crippen molar-refractivity contribution in [1.29, 1.82) is 0 Å². The van der Waals surface area contributed by atoms with Crippen LogP contribution in [0, 0.1) is 6.92 Å². The molecule has 0 spiro atoms. The number of fused-ring (bicyclic) bond motifs is 3. The van der Waals surface area contributed by atoms with Crippen LogP contribution in [0.2, 0.25) is 0 Å². The highest BCUT2D eigenvalue weighted by atomic mass is 79.9. The van der Waals surface area contributed by atoms with Crippen LogP contribution in [-0.2, 0) is 0 Å². The fourth-order valence-electron chi connectivity index (χ4n) is 3.78. The quantitative estimate of drug-likeness (QED) is 0.350. The van der Waals surface area contributed by atoms with E-state index in [-0.39, 0.29) is 16.8 Å². The number of amides is 2. The van der Waals surface area contributed by atoms with Gasteiger partial charge in [0, 0.05) is 16.7 Å². The minimum atomic E-state index is -4.91. The van der Waals surface area contributed by atoms with Crippen LogP contribution in [0.3, 0.4) is 0 Å². The van der Waals surface area contributed by atoms with Crippen LogP contribution in [0.25, 0.3) is 16.7 Å². The van der Waals surface area contributed by atoms with E-state index in [1.165, 1.54) is 18.3 Å². The smallest absolute Gasteiger partial charge is 0.406 e. The van der Waals surface area contributed by atoms with E-state index < -0.39 is 23.9 Å². The highest BCUT2D eigenvalue weighted by molar-refractivity contribution is 9.10. The van der Waals surface area contributed by atoms with E-state index in [0.717, 1.165) is 21.5 Å². The van der Waals surface area contributed by atoms with Crippen molar-refractivity contribution < 1.29 is 27.5 Å². The number of anilines is 1. The molecule has 5 rings (SSSR count). The molecule has 7 nitrogen and oxygen atoms in total. The number of aryl methyl sites for hydroxylation is 1. The van der Waals surface area contributed by atoms with Crippen molar-refractivity contribution in [3.05, 3.63) is 76.0 Å². The third kappa shape index (κ3) is 3.54. The van der Waals surface area contributed by atoms with E-state index in [1.54, 1.807) is 11.6 Å². The minimum absolute atomic E-state index is 0.0472. The maximum Gasteiger partial charge on any atom is 0.573 e. The predicted molar refractivity (Wildman–Crippen MR) is 116 cm³/mol. The average molecular weight is 517 g/mol. The van der Waals surface area contributed by atoms with Gasteiger partial charge in [-0.05, 0) is 43.3 Å². The highest BCUT2D eigenvalue weighted by Crippen LogP contribution is 2.36. The van der Waals surface area contributed by atoms with Crippen LogP contribution in [0.1, 0.15) is 26.4 Å². The van der Waals surface area contributed by atoms with Crippen LogP contribution < -0.4 is 9.64 Å². The van der Waals surface area contributed by atoms with Gasteiger partial charge < -0.3 is 4.74 Å². The summed E-state index contributed by atoms with van der Waals surface area (Å²) >= 11 is 3.37. The van der Waals surface area contributed by atoms with Gasteiger partial charge in [0.15, 0.2) is 5.65 Å². The van der Waals surface area contributed by atoms with Crippen molar-refractivity contribution in [2.75, 3.05) is 4.90 Å². The highest BCUT2D eigenvalue weighted by Gasteiger charge is 2.40. The maximum absolute atomic E-state index is 13.3. The number of imide groups is 1. The van der Waals surface area contributed by atoms with Crippen LogP contribution in [0.15, 0.2) is 59.2 Å². The van der Waals surface area contributed by atoms with E-state index in [0.29, 0.717) is 22.4 Å². The summed E-state index contributed by atoms with van der Waals surface area (Å²) in [5.74, 6) is -1.91. The Hall–Kier alpha value is -3.73. The van der Waals surface area contributed by atoms with Gasteiger partial charge in [-0.1, -0.05) is 22.0 Å². The standard InChI is InChI=1S/C22H12BrF3N4O3/c1-11-17-18-16(10-27-19(17)30(28-11)13-7-5-12(23)6-8-13)20(31)29(21(18)32)14-3-2-4-15(9-14)33-22(24,25)26/h2-10H,1H3. The molecule has 11 heteroatoms. The number of rotatable bonds is 3. The van der Waals surface area contributed by atoms with E-state index in [4.69, 9.17) is 0 Å². The zero-order chi connectivity index (χ0) is 23.5. The maximum atomic E-state index is 13.3. The SMILES string of the molecule is Cc1nn(-c2ccc(Br)cc2)c2ncc3c(c12)C(=O)N(c1cccc(OC(F)(F)F)c1)C3=O. The second kappa shape index (κ2) is 7.41. The Bertz CT molecular complexity index is 1450. The van der Waals surface area contributed by atoms with Crippen molar-refractivity contribution in [1.82, 2.24) is 14.8 Å². The van der Waals surface area contributed by atoms with Gasteiger partial charge in [0.2, 0.25) is 0 Å². The number of carbonyl (C=O) groups excluding carboxylic acids is 2. The van der Waals surface area contributed by atoms with E-state index in [9.17, 15) is 22.8 Å². The number of benzene rings is 2. The Kier molecular flexibility index (Phi) is 4.74. The van der Waals surface area contributed by atoms with Gasteiger partial charge >= 0.3 is 6.36 Å². The van der Waals surface area contributed by atoms with Crippen LogP contribution in [-0.4, -0.2) is 32.9 Å². The second-order valence-electron chi connectivity index (χ2n) is 7.21. The molecule has 2 aromatic carbocycles. The predicted octanol–water partition coefficient (Wildman–Crippen LogP) is 5.19. The number of hydrogen-bond acceptors (Lipinski definition) is 5. The fraction of sp³-hybridized carbons (Fsp3) is 0.0909. The molecule has 0 unspecified atom stereocenters. The molecule has 166 valence electrons. The minimum Gasteiger partial charge on any atom is -0.406 e. The van der Waals surface area contributed by atoms with Gasteiger partial charge in [0.1, 0.15) is 5.75 Å². The molecule has 3 heterocycles. The number of ether oxygens (including phenoxy) is 1. The molecule has 0 atom stereocenters. The van der Waals surface area contributed by atoms with Gasteiger partial charge in [0.25, 0.3) is 11.8 Å². The van der Waals surface area contributed by atoms with Gasteiger partial charge in [-0.2, -0.15) is 5.10 Å². The first-order chi connectivity index (χ1) is 15.6. The summed E-state index contributed by atoms with van der Waals surface area (Å²) in [6.45, 7) is 1.69. The Balaban J connectivity index is 1.62. The number of hydrogen-bond donors (Lipinski definition) is 0. The summed E-state index contributed by atoms with van der Waals surface area (Å²) in [5.41, 5.74) is 1.67. The summed E-state index contributed by atoms with van der Waals surface area (Å²) in [6.07, 6.45) is -3.63. The first-order valence-electron chi connectivity index (χ1n) is 9.53. The topological polar surface area (TPSA) is 77.3 Å². The second-order valence-corrected chi connectivity index (χ2v) is 8.13. The summed E-state index contributed by atoms with van der Waals surface area (Å²) in [7, 11) is 0. The number of halogens is 4. The Morgan fingerprint density at radius 2 is 1.73 bits per heavy atom. The van der Waals surface area contributed by atoms with E-state index in [2.05, 4.69) is 30.7 Å². The molecule has 0 aliphatic carbocycles. The first kappa shape index (κ1) is 21.1. The van der Waals surface area contributed by atoms with Gasteiger partial charge in [-0.25, -0.2) is 14.6 Å². The lowest BCUT2D eigenvalue weighted by Crippen LogP contribution is -2.29. The Labute approximate surface area is 192 Å². The normalized spacial score (nSPS) is 13.7. The molecule has 1 aliphatic heterocycles. The third-order valence-corrected chi connectivity index (χ3v) is 5.63. The van der Waals surface area contributed by atoms with Crippen LogP contribution in [0.4, 0.5) is 18.9 Å². The molecule has 0 radical (unpaired) electrons. The zero-order valence-electron chi connectivity index (χ0n) is 16.7. The Morgan fingerprint density at radius 1 is 1.00 bits per heavy atom. The molecular weight excluding hydrogens is 505 g/mol.